The van der Waals surface area contributed by atoms with E-state index in [9.17, 15) is 19.5 Å². The van der Waals surface area contributed by atoms with Crippen molar-refractivity contribution in [1.82, 2.24) is 9.80 Å². The zero-order valence-corrected chi connectivity index (χ0v) is 21.8. The molecular formula is C28H33ClN2O5. The Labute approximate surface area is 217 Å². The summed E-state index contributed by atoms with van der Waals surface area (Å²) in [4.78, 5) is 38.6. The SMILES string of the molecule is Cc1cc([C@H](C)N(Cc2ccc(OCCN3C(=O)CCC3=O)c(C)c2)[C@H]2C[C@H](C(=O)O)C2)ccc1Cl. The molecule has 1 saturated carbocycles. The minimum atomic E-state index is -0.726. The van der Waals surface area contributed by atoms with Crippen LogP contribution in [0.15, 0.2) is 36.4 Å². The minimum Gasteiger partial charge on any atom is -0.491 e. The van der Waals surface area contributed by atoms with Gasteiger partial charge in [0.1, 0.15) is 12.4 Å². The Balaban J connectivity index is 1.45. The highest BCUT2D eigenvalue weighted by atomic mass is 35.5. The van der Waals surface area contributed by atoms with Crippen LogP contribution in [-0.2, 0) is 20.9 Å². The van der Waals surface area contributed by atoms with E-state index in [4.69, 9.17) is 16.3 Å². The Morgan fingerprint density at radius 2 is 1.81 bits per heavy atom. The van der Waals surface area contributed by atoms with Crippen molar-refractivity contribution in [2.45, 2.75) is 65.1 Å². The van der Waals surface area contributed by atoms with Crippen molar-refractivity contribution >= 4 is 29.4 Å². The first-order chi connectivity index (χ1) is 17.1. The summed E-state index contributed by atoms with van der Waals surface area (Å²) in [6.45, 7) is 7.32. The highest BCUT2D eigenvalue weighted by Crippen LogP contribution is 2.38. The molecular weight excluding hydrogens is 480 g/mol. The van der Waals surface area contributed by atoms with E-state index >= 15 is 0 Å². The second-order valence-electron chi connectivity index (χ2n) is 9.90. The van der Waals surface area contributed by atoms with Gasteiger partial charge in [-0.15, -0.1) is 0 Å². The van der Waals surface area contributed by atoms with Crippen LogP contribution >= 0.6 is 11.6 Å². The van der Waals surface area contributed by atoms with E-state index in [1.54, 1.807) is 0 Å². The quantitative estimate of drug-likeness (QED) is 0.455. The van der Waals surface area contributed by atoms with Crippen LogP contribution in [0, 0.1) is 19.8 Å². The van der Waals surface area contributed by atoms with Crippen molar-refractivity contribution in [2.75, 3.05) is 13.2 Å². The summed E-state index contributed by atoms with van der Waals surface area (Å²) in [6, 6.07) is 12.4. The van der Waals surface area contributed by atoms with E-state index in [-0.39, 0.29) is 55.8 Å². The Morgan fingerprint density at radius 3 is 2.42 bits per heavy atom. The van der Waals surface area contributed by atoms with Crippen molar-refractivity contribution in [3.8, 4) is 5.75 Å². The van der Waals surface area contributed by atoms with Crippen LogP contribution in [0.2, 0.25) is 5.02 Å². The average molecular weight is 513 g/mol. The molecule has 36 heavy (non-hydrogen) atoms. The lowest BCUT2D eigenvalue weighted by atomic mass is 9.78. The molecule has 0 spiro atoms. The van der Waals surface area contributed by atoms with Gasteiger partial charge in [-0.2, -0.15) is 0 Å². The number of carbonyl (C=O) groups is 3. The fourth-order valence-electron chi connectivity index (χ4n) is 5.06. The molecule has 1 saturated heterocycles. The molecule has 1 heterocycles. The number of nitrogens with zero attached hydrogens (tertiary/aromatic N) is 2. The van der Waals surface area contributed by atoms with E-state index in [0.29, 0.717) is 19.4 Å². The predicted molar refractivity (Wildman–Crippen MR) is 137 cm³/mol. The molecule has 192 valence electrons. The summed E-state index contributed by atoms with van der Waals surface area (Å²) in [6.07, 6.45) is 1.84. The third-order valence-electron chi connectivity index (χ3n) is 7.43. The number of carboxylic acid groups (broad SMARTS) is 1. The topological polar surface area (TPSA) is 87.2 Å². The first kappa shape index (κ1) is 26.2. The second-order valence-corrected chi connectivity index (χ2v) is 10.3. The number of aryl methyl sites for hydroxylation is 2. The number of ether oxygens (including phenoxy) is 1. The average Bonchev–Trinajstić information content (AvgIpc) is 3.12. The highest BCUT2D eigenvalue weighted by Gasteiger charge is 2.39. The molecule has 0 unspecified atom stereocenters. The Kier molecular flexibility index (Phi) is 8.00. The summed E-state index contributed by atoms with van der Waals surface area (Å²) in [5.41, 5.74) is 4.26. The number of aliphatic carboxylic acids is 1. The maximum Gasteiger partial charge on any atom is 0.306 e. The fourth-order valence-corrected chi connectivity index (χ4v) is 5.18. The maximum atomic E-state index is 11.8. The van der Waals surface area contributed by atoms with Gasteiger partial charge in [-0.3, -0.25) is 24.2 Å². The number of amides is 2. The molecule has 7 nitrogen and oxygen atoms in total. The Hall–Kier alpha value is -2.90. The largest absolute Gasteiger partial charge is 0.491 e. The third-order valence-corrected chi connectivity index (χ3v) is 7.85. The lowest BCUT2D eigenvalue weighted by Gasteiger charge is -2.44. The summed E-state index contributed by atoms with van der Waals surface area (Å²) >= 11 is 6.24. The van der Waals surface area contributed by atoms with E-state index in [1.807, 2.05) is 38.1 Å². The van der Waals surface area contributed by atoms with Gasteiger partial charge >= 0.3 is 5.97 Å². The number of halogens is 1. The van der Waals surface area contributed by atoms with Gasteiger partial charge in [0.25, 0.3) is 0 Å². The lowest BCUT2D eigenvalue weighted by Crippen LogP contribution is -2.47. The van der Waals surface area contributed by atoms with Crippen molar-refractivity contribution in [3.05, 3.63) is 63.7 Å². The zero-order chi connectivity index (χ0) is 26.0. The predicted octanol–water partition coefficient (Wildman–Crippen LogP) is 4.91. The molecule has 2 aliphatic rings. The molecule has 0 aromatic heterocycles. The maximum absolute atomic E-state index is 11.8. The summed E-state index contributed by atoms with van der Waals surface area (Å²) in [5, 5.41) is 10.1. The third kappa shape index (κ3) is 5.73. The molecule has 1 atom stereocenters. The molecule has 1 aliphatic heterocycles. The van der Waals surface area contributed by atoms with Crippen LogP contribution < -0.4 is 4.74 Å². The van der Waals surface area contributed by atoms with Crippen LogP contribution in [0.3, 0.4) is 0 Å². The normalized spacial score (nSPS) is 20.5. The van der Waals surface area contributed by atoms with E-state index in [1.165, 1.54) is 4.90 Å². The van der Waals surface area contributed by atoms with Gasteiger partial charge in [-0.25, -0.2) is 0 Å². The van der Waals surface area contributed by atoms with Crippen molar-refractivity contribution in [3.63, 3.8) is 0 Å². The van der Waals surface area contributed by atoms with Gasteiger partial charge in [0.05, 0.1) is 12.5 Å². The molecule has 0 bridgehead atoms. The molecule has 0 radical (unpaired) electrons. The number of hydrogen-bond acceptors (Lipinski definition) is 5. The van der Waals surface area contributed by atoms with Crippen LogP contribution in [0.4, 0.5) is 0 Å². The molecule has 1 aliphatic carbocycles. The number of carbonyl (C=O) groups excluding carboxylic acids is 2. The van der Waals surface area contributed by atoms with Crippen LogP contribution in [0.1, 0.15) is 60.9 Å². The van der Waals surface area contributed by atoms with Crippen molar-refractivity contribution < 1.29 is 24.2 Å². The standard InChI is InChI=1S/C28H33ClN2O5/c1-17-13-21(5-6-24(17)29)19(3)31(23-14-22(15-23)28(34)35)16-20-4-7-25(18(2)12-20)36-11-10-30-26(32)8-9-27(30)33/h4-7,12-13,19,22-23H,8-11,14-16H2,1-3H3,(H,34,35)/t19-,22-,23-/m0/s1. The van der Waals surface area contributed by atoms with E-state index in [2.05, 4.69) is 24.0 Å². The first-order valence-electron chi connectivity index (χ1n) is 12.4. The molecule has 1 N–H and O–H groups in total. The number of rotatable bonds is 10. The van der Waals surface area contributed by atoms with Gasteiger partial charge in [-0.05, 0) is 68.0 Å². The monoisotopic (exact) mass is 512 g/mol. The Morgan fingerprint density at radius 1 is 1.11 bits per heavy atom. The number of hydrogen-bond donors (Lipinski definition) is 1. The summed E-state index contributed by atoms with van der Waals surface area (Å²) in [7, 11) is 0. The molecule has 2 fully saturated rings. The van der Waals surface area contributed by atoms with Crippen LogP contribution in [0.25, 0.3) is 0 Å². The number of likely N-dealkylation sites (tertiary alicyclic amines) is 1. The zero-order valence-electron chi connectivity index (χ0n) is 21.0. The molecule has 2 aromatic rings. The van der Waals surface area contributed by atoms with Crippen LogP contribution in [-0.4, -0.2) is 51.9 Å². The molecule has 2 aromatic carbocycles. The van der Waals surface area contributed by atoms with E-state index < -0.39 is 5.97 Å². The Bertz CT molecular complexity index is 1140. The summed E-state index contributed by atoms with van der Waals surface area (Å²) in [5.74, 6) is -0.566. The van der Waals surface area contributed by atoms with Gasteiger partial charge in [0.15, 0.2) is 0 Å². The van der Waals surface area contributed by atoms with Gasteiger partial charge in [-0.1, -0.05) is 35.9 Å². The van der Waals surface area contributed by atoms with Gasteiger partial charge in [0.2, 0.25) is 11.8 Å². The lowest BCUT2D eigenvalue weighted by molar-refractivity contribution is -0.147. The highest BCUT2D eigenvalue weighted by molar-refractivity contribution is 6.31. The number of carboxylic acids is 1. The second kappa shape index (κ2) is 11.0. The van der Waals surface area contributed by atoms with Crippen molar-refractivity contribution in [1.29, 1.82) is 0 Å². The summed E-state index contributed by atoms with van der Waals surface area (Å²) < 4.78 is 5.88. The van der Waals surface area contributed by atoms with Gasteiger partial charge < -0.3 is 9.84 Å². The fraction of sp³-hybridized carbons (Fsp3) is 0.464. The molecule has 4 rings (SSSR count). The number of benzene rings is 2. The smallest absolute Gasteiger partial charge is 0.306 e. The van der Waals surface area contributed by atoms with Crippen molar-refractivity contribution in [2.24, 2.45) is 5.92 Å². The molecule has 8 heteroatoms. The van der Waals surface area contributed by atoms with E-state index in [0.717, 1.165) is 33.0 Å². The first-order valence-corrected chi connectivity index (χ1v) is 12.8. The number of imide groups is 1. The van der Waals surface area contributed by atoms with Gasteiger partial charge in [0, 0.05) is 36.5 Å². The molecule has 2 amide bonds. The van der Waals surface area contributed by atoms with Crippen LogP contribution in [0.5, 0.6) is 5.75 Å². The minimum absolute atomic E-state index is 0.0903.